The van der Waals surface area contributed by atoms with Crippen LogP contribution in [-0.4, -0.2) is 28.0 Å². The Morgan fingerprint density at radius 3 is 2.82 bits per heavy atom. The maximum Gasteiger partial charge on any atom is 0.407 e. The van der Waals surface area contributed by atoms with Crippen molar-refractivity contribution in [1.82, 2.24) is 20.7 Å². The van der Waals surface area contributed by atoms with Gasteiger partial charge in [-0.2, -0.15) is 0 Å². The Kier molecular flexibility index (Phi) is 6.41. The summed E-state index contributed by atoms with van der Waals surface area (Å²) in [5.74, 6) is 0. The molecular formula is C16H22N4O2. The van der Waals surface area contributed by atoms with E-state index >= 15 is 0 Å². The molecule has 6 heteroatoms. The molecule has 22 heavy (non-hydrogen) atoms. The highest BCUT2D eigenvalue weighted by Gasteiger charge is 2.11. The van der Waals surface area contributed by atoms with Crippen molar-refractivity contribution in [2.75, 3.05) is 6.54 Å². The molecule has 2 N–H and O–H groups in total. The van der Waals surface area contributed by atoms with E-state index in [9.17, 15) is 4.79 Å². The summed E-state index contributed by atoms with van der Waals surface area (Å²) in [4.78, 5) is 11.6. The molecule has 0 bridgehead atoms. The monoisotopic (exact) mass is 302 g/mol. The second-order valence-corrected chi connectivity index (χ2v) is 5.06. The highest BCUT2D eigenvalue weighted by molar-refractivity contribution is 5.67. The van der Waals surface area contributed by atoms with E-state index in [0.717, 1.165) is 24.1 Å². The van der Waals surface area contributed by atoms with E-state index < -0.39 is 6.09 Å². The molecule has 0 spiro atoms. The van der Waals surface area contributed by atoms with Gasteiger partial charge < -0.3 is 10.1 Å². The minimum atomic E-state index is -0.418. The Morgan fingerprint density at radius 2 is 2.05 bits per heavy atom. The lowest BCUT2D eigenvalue weighted by Gasteiger charge is -2.06. The first-order valence-electron chi connectivity index (χ1n) is 7.67. The third kappa shape index (κ3) is 4.87. The smallest absolute Gasteiger partial charge is 0.407 e. The largest absolute Gasteiger partial charge is 0.443 e. The molecule has 1 amide bonds. The van der Waals surface area contributed by atoms with Crippen LogP contribution in [0, 0.1) is 0 Å². The summed E-state index contributed by atoms with van der Waals surface area (Å²) < 4.78 is 5.18. The number of hydrogen-bond donors (Lipinski definition) is 2. The quantitative estimate of drug-likeness (QED) is 0.733. The predicted molar refractivity (Wildman–Crippen MR) is 84.1 cm³/mol. The van der Waals surface area contributed by atoms with E-state index in [4.69, 9.17) is 4.74 Å². The van der Waals surface area contributed by atoms with Crippen LogP contribution in [0.4, 0.5) is 4.79 Å². The molecule has 118 valence electrons. The summed E-state index contributed by atoms with van der Waals surface area (Å²) >= 11 is 0. The van der Waals surface area contributed by atoms with Crippen molar-refractivity contribution in [1.29, 1.82) is 0 Å². The molecule has 0 saturated carbocycles. The molecular weight excluding hydrogens is 280 g/mol. The van der Waals surface area contributed by atoms with E-state index in [1.165, 1.54) is 12.8 Å². The number of H-pyrrole nitrogens is 1. The lowest BCUT2D eigenvalue weighted by molar-refractivity contribution is 0.138. The van der Waals surface area contributed by atoms with Crippen molar-refractivity contribution in [3.8, 4) is 11.3 Å². The van der Waals surface area contributed by atoms with Gasteiger partial charge in [0, 0.05) is 12.1 Å². The number of hydrogen-bond acceptors (Lipinski definition) is 4. The number of amides is 1. The Bertz CT molecular complexity index is 569. The van der Waals surface area contributed by atoms with E-state index in [1.807, 2.05) is 30.3 Å². The lowest BCUT2D eigenvalue weighted by atomic mass is 10.1. The Labute approximate surface area is 130 Å². The number of alkyl carbamates (subject to hydrolysis) is 1. The van der Waals surface area contributed by atoms with Crippen LogP contribution in [0.3, 0.4) is 0 Å². The van der Waals surface area contributed by atoms with Crippen molar-refractivity contribution >= 4 is 6.09 Å². The number of carbonyl (C=O) groups excluding carboxylic acids is 1. The van der Waals surface area contributed by atoms with Crippen molar-refractivity contribution in [3.63, 3.8) is 0 Å². The van der Waals surface area contributed by atoms with Crippen LogP contribution in [0.25, 0.3) is 11.3 Å². The van der Waals surface area contributed by atoms with Crippen molar-refractivity contribution in [2.45, 2.75) is 39.2 Å². The van der Waals surface area contributed by atoms with Gasteiger partial charge in [0.05, 0.1) is 5.69 Å². The average molecular weight is 302 g/mol. The second-order valence-electron chi connectivity index (χ2n) is 5.06. The summed E-state index contributed by atoms with van der Waals surface area (Å²) in [7, 11) is 0. The molecule has 2 rings (SSSR count). The molecule has 6 nitrogen and oxygen atoms in total. The number of rotatable bonds is 8. The third-order valence-electron chi connectivity index (χ3n) is 3.32. The molecule has 0 radical (unpaired) electrons. The number of ether oxygens (including phenoxy) is 1. The third-order valence-corrected chi connectivity index (χ3v) is 3.32. The van der Waals surface area contributed by atoms with Crippen LogP contribution in [0.15, 0.2) is 30.3 Å². The van der Waals surface area contributed by atoms with Gasteiger partial charge in [0.2, 0.25) is 0 Å². The fraction of sp³-hybridized carbons (Fsp3) is 0.438. The molecule has 0 aliphatic rings. The van der Waals surface area contributed by atoms with E-state index in [0.29, 0.717) is 12.2 Å². The van der Waals surface area contributed by atoms with Gasteiger partial charge in [-0.1, -0.05) is 61.7 Å². The zero-order valence-corrected chi connectivity index (χ0v) is 12.8. The summed E-state index contributed by atoms with van der Waals surface area (Å²) in [5.41, 5.74) is 2.36. The van der Waals surface area contributed by atoms with Crippen LogP contribution >= 0.6 is 0 Å². The number of nitrogens with one attached hydrogen (secondary N) is 2. The molecule has 2 aromatic rings. The Hall–Kier alpha value is -2.37. The SMILES string of the molecule is CCCCCCNC(=O)OCc1nn[nH]c1-c1ccccc1. The topological polar surface area (TPSA) is 79.9 Å². The number of unbranched alkanes of at least 4 members (excludes halogenated alkanes) is 3. The average Bonchev–Trinajstić information content (AvgIpc) is 3.02. The van der Waals surface area contributed by atoms with Crippen molar-refractivity contribution in [2.24, 2.45) is 0 Å². The summed E-state index contributed by atoms with van der Waals surface area (Å²) in [6.45, 7) is 2.90. The van der Waals surface area contributed by atoms with Crippen LogP contribution in [-0.2, 0) is 11.3 Å². The highest BCUT2D eigenvalue weighted by atomic mass is 16.5. The van der Waals surface area contributed by atoms with Gasteiger partial charge in [0.1, 0.15) is 12.3 Å². The van der Waals surface area contributed by atoms with Gasteiger partial charge in [0.15, 0.2) is 0 Å². The van der Waals surface area contributed by atoms with E-state index in [1.54, 1.807) is 0 Å². The zero-order chi connectivity index (χ0) is 15.6. The normalized spacial score (nSPS) is 10.4. The molecule has 1 aromatic heterocycles. The first kappa shape index (κ1) is 16.0. The van der Waals surface area contributed by atoms with Crippen LogP contribution in [0.5, 0.6) is 0 Å². The number of carbonyl (C=O) groups is 1. The Balaban J connectivity index is 1.78. The maximum atomic E-state index is 11.6. The summed E-state index contributed by atoms with van der Waals surface area (Å²) in [6.07, 6.45) is 4.05. The maximum absolute atomic E-state index is 11.6. The number of benzene rings is 1. The van der Waals surface area contributed by atoms with Gasteiger partial charge in [-0.15, -0.1) is 5.10 Å². The first-order chi connectivity index (χ1) is 10.8. The minimum absolute atomic E-state index is 0.0987. The van der Waals surface area contributed by atoms with E-state index in [2.05, 4.69) is 27.7 Å². The molecule has 1 heterocycles. The standard InChI is InChI=1S/C16H22N4O2/c1-2-3-4-8-11-17-16(21)22-12-14-15(19-20-18-14)13-9-6-5-7-10-13/h5-7,9-10H,2-4,8,11-12H2,1H3,(H,17,21)(H,18,19,20). The summed E-state index contributed by atoms with van der Waals surface area (Å²) in [6, 6.07) is 9.71. The Morgan fingerprint density at radius 1 is 1.23 bits per heavy atom. The molecule has 0 aliphatic heterocycles. The van der Waals surface area contributed by atoms with Crippen LogP contribution in [0.1, 0.15) is 38.3 Å². The molecule has 0 atom stereocenters. The van der Waals surface area contributed by atoms with Gasteiger partial charge >= 0.3 is 6.09 Å². The van der Waals surface area contributed by atoms with Gasteiger partial charge in [-0.25, -0.2) is 4.79 Å². The van der Waals surface area contributed by atoms with Crippen LogP contribution in [0.2, 0.25) is 0 Å². The first-order valence-corrected chi connectivity index (χ1v) is 7.67. The second kappa shape index (κ2) is 8.81. The fourth-order valence-corrected chi connectivity index (χ4v) is 2.11. The molecule has 0 saturated heterocycles. The number of nitrogens with zero attached hydrogens (tertiary/aromatic N) is 2. The van der Waals surface area contributed by atoms with Gasteiger partial charge in [0.25, 0.3) is 0 Å². The minimum Gasteiger partial charge on any atom is -0.443 e. The predicted octanol–water partition coefficient (Wildman–Crippen LogP) is 3.28. The van der Waals surface area contributed by atoms with Gasteiger partial charge in [-0.05, 0) is 6.42 Å². The summed E-state index contributed by atoms with van der Waals surface area (Å²) in [5, 5.41) is 13.3. The fourth-order valence-electron chi connectivity index (χ4n) is 2.11. The van der Waals surface area contributed by atoms with E-state index in [-0.39, 0.29) is 6.61 Å². The van der Waals surface area contributed by atoms with Crippen LogP contribution < -0.4 is 5.32 Å². The number of aromatic amines is 1. The molecule has 0 fully saturated rings. The van der Waals surface area contributed by atoms with Gasteiger partial charge in [-0.3, -0.25) is 5.10 Å². The van der Waals surface area contributed by atoms with Crippen molar-refractivity contribution in [3.05, 3.63) is 36.0 Å². The molecule has 0 unspecified atom stereocenters. The zero-order valence-electron chi connectivity index (χ0n) is 12.8. The lowest BCUT2D eigenvalue weighted by Crippen LogP contribution is -2.25. The molecule has 1 aromatic carbocycles. The number of aromatic nitrogens is 3. The highest BCUT2D eigenvalue weighted by Crippen LogP contribution is 2.19. The molecule has 0 aliphatic carbocycles. The van der Waals surface area contributed by atoms with Crippen molar-refractivity contribution < 1.29 is 9.53 Å².